The molecule has 2 aromatic heterocycles. The van der Waals surface area contributed by atoms with Gasteiger partial charge in [-0.05, 0) is 33.0 Å². The topological polar surface area (TPSA) is 42.7 Å². The second-order valence-corrected chi connectivity index (χ2v) is 4.92. The Morgan fingerprint density at radius 3 is 2.83 bits per heavy atom. The van der Waals surface area contributed by atoms with Crippen LogP contribution < -0.4 is 5.32 Å². The summed E-state index contributed by atoms with van der Waals surface area (Å²) >= 11 is 0. The van der Waals surface area contributed by atoms with Crippen LogP contribution >= 0.6 is 0 Å². The Hall–Kier alpha value is -1.68. The van der Waals surface area contributed by atoms with E-state index >= 15 is 0 Å². The molecule has 0 unspecified atom stereocenters. The lowest BCUT2D eigenvalue weighted by atomic mass is 10.0. The van der Waals surface area contributed by atoms with Crippen molar-refractivity contribution in [3.63, 3.8) is 0 Å². The van der Waals surface area contributed by atoms with Gasteiger partial charge in [-0.2, -0.15) is 0 Å². The van der Waals surface area contributed by atoms with Crippen LogP contribution in [-0.2, 0) is 18.5 Å². The van der Waals surface area contributed by atoms with Gasteiger partial charge in [-0.15, -0.1) is 0 Å². The van der Waals surface area contributed by atoms with Gasteiger partial charge in [-0.25, -0.2) is 4.98 Å². The van der Waals surface area contributed by atoms with Gasteiger partial charge in [0.2, 0.25) is 0 Å². The zero-order chi connectivity index (χ0) is 13.0. The van der Waals surface area contributed by atoms with Crippen LogP contribution in [0.4, 0.5) is 0 Å². The number of aryl methyl sites for hydroxylation is 2. The summed E-state index contributed by atoms with van der Waals surface area (Å²) in [7, 11) is 1.97. The summed E-state index contributed by atoms with van der Waals surface area (Å²) in [6.45, 7) is 5.21. The highest BCUT2D eigenvalue weighted by atomic mass is 15.1. The Kier molecular flexibility index (Phi) is 3.77. The summed E-state index contributed by atoms with van der Waals surface area (Å²) in [6, 6.07) is 6.02. The molecule has 0 aliphatic rings. The minimum atomic E-state index is -0.0688. The third kappa shape index (κ3) is 2.76. The van der Waals surface area contributed by atoms with Crippen molar-refractivity contribution >= 4 is 0 Å². The lowest BCUT2D eigenvalue weighted by molar-refractivity contribution is 0.408. The highest BCUT2D eigenvalue weighted by molar-refractivity contribution is 5.11. The van der Waals surface area contributed by atoms with Crippen molar-refractivity contribution in [1.29, 1.82) is 0 Å². The third-order valence-corrected chi connectivity index (χ3v) is 3.31. The van der Waals surface area contributed by atoms with Crippen LogP contribution in [0.2, 0.25) is 0 Å². The predicted molar refractivity (Wildman–Crippen MR) is 72.3 cm³/mol. The van der Waals surface area contributed by atoms with Gasteiger partial charge < -0.3 is 9.88 Å². The van der Waals surface area contributed by atoms with E-state index in [1.165, 1.54) is 5.69 Å². The van der Waals surface area contributed by atoms with Crippen LogP contribution in [0.25, 0.3) is 0 Å². The van der Waals surface area contributed by atoms with Gasteiger partial charge in [0.05, 0.1) is 17.6 Å². The first-order valence-corrected chi connectivity index (χ1v) is 6.23. The molecular formula is C14H20N4. The van der Waals surface area contributed by atoms with E-state index in [1.807, 2.05) is 37.9 Å². The van der Waals surface area contributed by atoms with Gasteiger partial charge in [-0.3, -0.25) is 4.98 Å². The summed E-state index contributed by atoms with van der Waals surface area (Å²) in [5.41, 5.74) is 2.24. The molecule has 0 spiro atoms. The molecule has 18 heavy (non-hydrogen) atoms. The van der Waals surface area contributed by atoms with E-state index in [9.17, 15) is 0 Å². The Morgan fingerprint density at radius 1 is 1.33 bits per heavy atom. The largest absolute Gasteiger partial charge is 0.333 e. The Bertz CT molecular complexity index is 488. The van der Waals surface area contributed by atoms with Crippen LogP contribution in [0.15, 0.2) is 36.9 Å². The molecule has 0 radical (unpaired) electrons. The van der Waals surface area contributed by atoms with E-state index in [0.717, 1.165) is 18.7 Å². The molecule has 0 saturated heterocycles. The van der Waals surface area contributed by atoms with E-state index in [-0.39, 0.29) is 5.54 Å². The lowest BCUT2D eigenvalue weighted by Crippen LogP contribution is -2.35. The molecule has 0 aliphatic heterocycles. The van der Waals surface area contributed by atoms with E-state index in [0.29, 0.717) is 0 Å². The van der Waals surface area contributed by atoms with Crippen molar-refractivity contribution in [2.75, 3.05) is 7.05 Å². The van der Waals surface area contributed by atoms with Crippen LogP contribution in [0.5, 0.6) is 0 Å². The van der Waals surface area contributed by atoms with Gasteiger partial charge in [0.25, 0.3) is 0 Å². The van der Waals surface area contributed by atoms with Crippen molar-refractivity contribution in [2.24, 2.45) is 0 Å². The highest BCUT2D eigenvalue weighted by Gasteiger charge is 2.21. The van der Waals surface area contributed by atoms with Crippen molar-refractivity contribution in [1.82, 2.24) is 19.9 Å². The molecule has 0 fully saturated rings. The van der Waals surface area contributed by atoms with Gasteiger partial charge in [0.1, 0.15) is 0 Å². The van der Waals surface area contributed by atoms with E-state index < -0.39 is 0 Å². The number of rotatable bonds is 5. The van der Waals surface area contributed by atoms with Gasteiger partial charge >= 0.3 is 0 Å². The number of nitrogens with one attached hydrogen (secondary N) is 1. The summed E-state index contributed by atoms with van der Waals surface area (Å²) in [5.74, 6) is 0. The standard InChI is InChI=1S/C14H20N4/c1-14(2,15-3)13-10-16-11-18(13)9-7-12-6-4-5-8-17-12/h4-6,8,10-11,15H,7,9H2,1-3H3. The molecule has 96 valence electrons. The monoisotopic (exact) mass is 244 g/mol. The molecule has 2 heterocycles. The number of hydrogen-bond acceptors (Lipinski definition) is 3. The minimum absolute atomic E-state index is 0.0688. The number of pyridine rings is 1. The second-order valence-electron chi connectivity index (χ2n) is 4.92. The molecule has 0 atom stereocenters. The maximum absolute atomic E-state index is 4.34. The fourth-order valence-electron chi connectivity index (χ4n) is 1.93. The third-order valence-electron chi connectivity index (χ3n) is 3.31. The molecular weight excluding hydrogens is 224 g/mol. The summed E-state index contributed by atoms with van der Waals surface area (Å²) in [5, 5.41) is 3.31. The molecule has 2 rings (SSSR count). The maximum Gasteiger partial charge on any atom is 0.0948 e. The van der Waals surface area contributed by atoms with Crippen LogP contribution in [-0.4, -0.2) is 21.6 Å². The molecule has 1 N–H and O–H groups in total. The molecule has 0 aliphatic carbocycles. The quantitative estimate of drug-likeness (QED) is 0.874. The molecule has 4 nitrogen and oxygen atoms in total. The van der Waals surface area contributed by atoms with Gasteiger partial charge in [0.15, 0.2) is 0 Å². The summed E-state index contributed by atoms with van der Waals surface area (Å²) < 4.78 is 2.19. The Balaban J connectivity index is 2.09. The average Bonchev–Trinajstić information content (AvgIpc) is 2.87. The van der Waals surface area contributed by atoms with E-state index in [4.69, 9.17) is 0 Å². The van der Waals surface area contributed by atoms with Gasteiger partial charge in [0, 0.05) is 31.1 Å². The highest BCUT2D eigenvalue weighted by Crippen LogP contribution is 2.19. The zero-order valence-corrected chi connectivity index (χ0v) is 11.2. The maximum atomic E-state index is 4.34. The van der Waals surface area contributed by atoms with Gasteiger partial charge in [-0.1, -0.05) is 6.07 Å². The zero-order valence-electron chi connectivity index (χ0n) is 11.2. The minimum Gasteiger partial charge on any atom is -0.333 e. The molecule has 0 saturated carbocycles. The second kappa shape index (κ2) is 5.31. The molecule has 0 aromatic carbocycles. The molecule has 4 heteroatoms. The molecule has 2 aromatic rings. The van der Waals surface area contributed by atoms with Crippen molar-refractivity contribution in [3.8, 4) is 0 Å². The van der Waals surface area contributed by atoms with Crippen molar-refractivity contribution in [3.05, 3.63) is 48.3 Å². The first-order valence-electron chi connectivity index (χ1n) is 6.23. The smallest absolute Gasteiger partial charge is 0.0948 e. The number of aromatic nitrogens is 3. The summed E-state index contributed by atoms with van der Waals surface area (Å²) in [6.07, 6.45) is 6.57. The average molecular weight is 244 g/mol. The number of imidazole rings is 1. The first-order chi connectivity index (χ1) is 8.63. The van der Waals surface area contributed by atoms with E-state index in [1.54, 1.807) is 0 Å². The predicted octanol–water partition coefficient (Wildman–Crippen LogP) is 1.98. The number of nitrogens with zero attached hydrogens (tertiary/aromatic N) is 3. The SMILES string of the molecule is CNC(C)(C)c1cncn1CCc1ccccn1. The molecule has 0 bridgehead atoms. The fraction of sp³-hybridized carbons (Fsp3) is 0.429. The Morgan fingerprint density at radius 2 is 2.17 bits per heavy atom. The lowest BCUT2D eigenvalue weighted by Gasteiger charge is -2.25. The van der Waals surface area contributed by atoms with Crippen molar-refractivity contribution < 1.29 is 0 Å². The number of hydrogen-bond donors (Lipinski definition) is 1. The first kappa shape index (κ1) is 12.8. The molecule has 0 amide bonds. The fourth-order valence-corrected chi connectivity index (χ4v) is 1.93. The van der Waals surface area contributed by atoms with E-state index in [2.05, 4.69) is 39.8 Å². The van der Waals surface area contributed by atoms with Crippen LogP contribution in [0.3, 0.4) is 0 Å². The van der Waals surface area contributed by atoms with Crippen LogP contribution in [0, 0.1) is 0 Å². The normalized spacial score (nSPS) is 11.7. The van der Waals surface area contributed by atoms with Crippen molar-refractivity contribution in [2.45, 2.75) is 32.4 Å². The van der Waals surface area contributed by atoms with Crippen LogP contribution in [0.1, 0.15) is 25.2 Å². The summed E-state index contributed by atoms with van der Waals surface area (Å²) in [4.78, 5) is 8.59. The Labute approximate surface area is 108 Å².